The van der Waals surface area contributed by atoms with Gasteiger partial charge in [0.2, 0.25) is 0 Å². The minimum absolute atomic E-state index is 0.330. The maximum Gasteiger partial charge on any atom is 0.357 e. The first-order valence-electron chi connectivity index (χ1n) is 5.08. The Morgan fingerprint density at radius 1 is 1.60 bits per heavy atom. The molecule has 4 nitrogen and oxygen atoms in total. The SMILES string of the molecule is CCCCCOC(=O)c1csc(NC)n1. The monoisotopic (exact) mass is 228 g/mol. The lowest BCUT2D eigenvalue weighted by Gasteiger charge is -2.01. The van der Waals surface area contributed by atoms with Crippen molar-refractivity contribution < 1.29 is 9.53 Å². The Bertz CT molecular complexity index is 312. The quantitative estimate of drug-likeness (QED) is 0.600. The van der Waals surface area contributed by atoms with Gasteiger partial charge in [-0.2, -0.15) is 0 Å². The van der Waals surface area contributed by atoms with Crippen LogP contribution in [0.2, 0.25) is 0 Å². The second-order valence-corrected chi connectivity index (χ2v) is 3.99. The van der Waals surface area contributed by atoms with Crippen LogP contribution in [0.3, 0.4) is 0 Å². The van der Waals surface area contributed by atoms with Crippen LogP contribution in [-0.2, 0) is 4.74 Å². The van der Waals surface area contributed by atoms with Crippen LogP contribution in [0.5, 0.6) is 0 Å². The number of esters is 1. The molecule has 0 amide bonds. The number of rotatable bonds is 6. The Morgan fingerprint density at radius 3 is 3.00 bits per heavy atom. The Labute approximate surface area is 93.7 Å². The van der Waals surface area contributed by atoms with Gasteiger partial charge in [0.15, 0.2) is 10.8 Å². The fraction of sp³-hybridized carbons (Fsp3) is 0.600. The minimum Gasteiger partial charge on any atom is -0.461 e. The van der Waals surface area contributed by atoms with E-state index in [-0.39, 0.29) is 5.97 Å². The van der Waals surface area contributed by atoms with Gasteiger partial charge in [0, 0.05) is 12.4 Å². The van der Waals surface area contributed by atoms with Gasteiger partial charge in [-0.25, -0.2) is 9.78 Å². The highest BCUT2D eigenvalue weighted by Crippen LogP contribution is 2.15. The molecule has 0 fully saturated rings. The molecule has 0 spiro atoms. The number of anilines is 1. The molecule has 0 aliphatic rings. The van der Waals surface area contributed by atoms with Crippen LogP contribution in [-0.4, -0.2) is 24.6 Å². The van der Waals surface area contributed by atoms with Gasteiger partial charge >= 0.3 is 5.97 Å². The predicted molar refractivity (Wildman–Crippen MR) is 61.5 cm³/mol. The maximum atomic E-state index is 11.4. The zero-order valence-electron chi connectivity index (χ0n) is 9.08. The number of hydrogen-bond acceptors (Lipinski definition) is 5. The third-order valence-electron chi connectivity index (χ3n) is 1.91. The first-order chi connectivity index (χ1) is 7.27. The van der Waals surface area contributed by atoms with Crippen LogP contribution < -0.4 is 5.32 Å². The van der Waals surface area contributed by atoms with E-state index in [4.69, 9.17) is 4.74 Å². The molecule has 0 aliphatic carbocycles. The molecule has 5 heteroatoms. The third-order valence-corrected chi connectivity index (χ3v) is 2.77. The molecule has 0 unspecified atom stereocenters. The summed E-state index contributed by atoms with van der Waals surface area (Å²) in [4.78, 5) is 15.5. The van der Waals surface area contributed by atoms with Crippen molar-refractivity contribution in [2.45, 2.75) is 26.2 Å². The molecule has 0 aliphatic heterocycles. The molecule has 15 heavy (non-hydrogen) atoms. The number of aromatic nitrogens is 1. The fourth-order valence-corrected chi connectivity index (χ4v) is 1.71. The summed E-state index contributed by atoms with van der Waals surface area (Å²) in [6.07, 6.45) is 3.13. The maximum absolute atomic E-state index is 11.4. The van der Waals surface area contributed by atoms with Crippen LogP contribution in [0.4, 0.5) is 5.13 Å². The molecule has 0 radical (unpaired) electrons. The molecule has 1 rings (SSSR count). The van der Waals surface area contributed by atoms with Gasteiger partial charge in [0.1, 0.15) is 0 Å². The lowest BCUT2D eigenvalue weighted by Crippen LogP contribution is -2.07. The summed E-state index contributed by atoms with van der Waals surface area (Å²) >= 11 is 1.40. The smallest absolute Gasteiger partial charge is 0.357 e. The average molecular weight is 228 g/mol. The highest BCUT2D eigenvalue weighted by atomic mass is 32.1. The van der Waals surface area contributed by atoms with Crippen LogP contribution in [0.15, 0.2) is 5.38 Å². The molecule has 1 aromatic heterocycles. The molecule has 0 atom stereocenters. The second kappa shape index (κ2) is 6.40. The van der Waals surface area contributed by atoms with Crippen LogP contribution in [0.25, 0.3) is 0 Å². The van der Waals surface area contributed by atoms with Gasteiger partial charge in [0.05, 0.1) is 6.61 Å². The molecule has 1 N–H and O–H groups in total. The molecular formula is C10H16N2O2S. The fourth-order valence-electron chi connectivity index (χ4n) is 1.07. The van der Waals surface area contributed by atoms with E-state index >= 15 is 0 Å². The second-order valence-electron chi connectivity index (χ2n) is 3.13. The summed E-state index contributed by atoms with van der Waals surface area (Å²) < 4.78 is 5.07. The molecule has 0 saturated heterocycles. The van der Waals surface area contributed by atoms with Gasteiger partial charge in [0.25, 0.3) is 0 Å². The topological polar surface area (TPSA) is 51.2 Å². The first-order valence-corrected chi connectivity index (χ1v) is 5.96. The molecule has 84 valence electrons. The first kappa shape index (κ1) is 12.0. The van der Waals surface area contributed by atoms with E-state index in [1.165, 1.54) is 11.3 Å². The van der Waals surface area contributed by atoms with E-state index in [9.17, 15) is 4.79 Å². The van der Waals surface area contributed by atoms with E-state index in [1.807, 2.05) is 0 Å². The predicted octanol–water partition coefficient (Wildman–Crippen LogP) is 2.53. The molecule has 0 saturated carbocycles. The van der Waals surface area contributed by atoms with Crippen LogP contribution in [0.1, 0.15) is 36.7 Å². The third kappa shape index (κ3) is 3.87. The van der Waals surface area contributed by atoms with Gasteiger partial charge in [-0.3, -0.25) is 0 Å². The Hall–Kier alpha value is -1.10. The van der Waals surface area contributed by atoms with Crippen molar-refractivity contribution >= 4 is 22.4 Å². The van der Waals surface area contributed by atoms with E-state index in [0.717, 1.165) is 24.4 Å². The average Bonchev–Trinajstić information content (AvgIpc) is 2.72. The lowest BCUT2D eigenvalue weighted by molar-refractivity contribution is 0.0492. The van der Waals surface area contributed by atoms with Gasteiger partial charge < -0.3 is 10.1 Å². The number of nitrogens with one attached hydrogen (secondary N) is 1. The molecule has 1 aromatic rings. The Morgan fingerprint density at radius 2 is 2.40 bits per heavy atom. The van der Waals surface area contributed by atoms with E-state index in [1.54, 1.807) is 12.4 Å². The summed E-state index contributed by atoms with van der Waals surface area (Å²) in [5, 5.41) is 5.31. The van der Waals surface area contributed by atoms with Gasteiger partial charge in [-0.05, 0) is 6.42 Å². The van der Waals surface area contributed by atoms with Crippen molar-refractivity contribution in [3.05, 3.63) is 11.1 Å². The van der Waals surface area contributed by atoms with Crippen molar-refractivity contribution in [3.8, 4) is 0 Å². The summed E-state index contributed by atoms with van der Waals surface area (Å²) in [7, 11) is 1.77. The summed E-state index contributed by atoms with van der Waals surface area (Å²) in [5.41, 5.74) is 0.390. The number of hydrogen-bond donors (Lipinski definition) is 1. The zero-order chi connectivity index (χ0) is 11.1. The number of nitrogens with zero attached hydrogens (tertiary/aromatic N) is 1. The zero-order valence-corrected chi connectivity index (χ0v) is 9.89. The molecular weight excluding hydrogens is 212 g/mol. The van der Waals surface area contributed by atoms with Crippen molar-refractivity contribution in [3.63, 3.8) is 0 Å². The van der Waals surface area contributed by atoms with Crippen LogP contribution in [0, 0.1) is 0 Å². The van der Waals surface area contributed by atoms with Crippen LogP contribution >= 0.6 is 11.3 Å². The van der Waals surface area contributed by atoms with E-state index in [0.29, 0.717) is 12.3 Å². The summed E-state index contributed by atoms with van der Waals surface area (Å²) in [6.45, 7) is 2.60. The number of unbranched alkanes of at least 4 members (excludes halogenated alkanes) is 2. The number of thiazole rings is 1. The minimum atomic E-state index is -0.330. The largest absolute Gasteiger partial charge is 0.461 e. The Kier molecular flexibility index (Phi) is 5.10. The van der Waals surface area contributed by atoms with E-state index in [2.05, 4.69) is 17.2 Å². The van der Waals surface area contributed by atoms with Gasteiger partial charge in [-0.15, -0.1) is 11.3 Å². The molecule has 1 heterocycles. The van der Waals surface area contributed by atoms with Crippen molar-refractivity contribution in [2.75, 3.05) is 19.0 Å². The van der Waals surface area contributed by atoms with E-state index < -0.39 is 0 Å². The van der Waals surface area contributed by atoms with Crippen molar-refractivity contribution in [1.82, 2.24) is 4.98 Å². The van der Waals surface area contributed by atoms with Gasteiger partial charge in [-0.1, -0.05) is 19.8 Å². The standard InChI is InChI=1S/C10H16N2O2S/c1-3-4-5-6-14-9(13)8-7-15-10(11-2)12-8/h7H,3-6H2,1-2H3,(H,11,12). The molecule has 0 aromatic carbocycles. The highest BCUT2D eigenvalue weighted by molar-refractivity contribution is 7.13. The number of carbonyl (C=O) groups excluding carboxylic acids is 1. The number of carbonyl (C=O) groups is 1. The number of ether oxygens (including phenoxy) is 1. The normalized spacial score (nSPS) is 10.0. The highest BCUT2D eigenvalue weighted by Gasteiger charge is 2.10. The lowest BCUT2D eigenvalue weighted by atomic mass is 10.3. The Balaban J connectivity index is 2.33. The summed E-state index contributed by atoms with van der Waals surface area (Å²) in [5.74, 6) is -0.330. The van der Waals surface area contributed by atoms with Crippen molar-refractivity contribution in [1.29, 1.82) is 0 Å². The molecule has 0 bridgehead atoms. The van der Waals surface area contributed by atoms with Crippen molar-refractivity contribution in [2.24, 2.45) is 0 Å². The summed E-state index contributed by atoms with van der Waals surface area (Å²) in [6, 6.07) is 0.